The highest BCUT2D eigenvalue weighted by Crippen LogP contribution is 2.25. The van der Waals surface area contributed by atoms with Gasteiger partial charge in [0, 0.05) is 30.8 Å². The predicted octanol–water partition coefficient (Wildman–Crippen LogP) is 1.79. The summed E-state index contributed by atoms with van der Waals surface area (Å²) < 4.78 is 0. The first kappa shape index (κ1) is 15.0. The van der Waals surface area contributed by atoms with Crippen molar-refractivity contribution in [2.45, 2.75) is 38.1 Å². The molecule has 0 radical (unpaired) electrons. The molecule has 0 bridgehead atoms. The van der Waals surface area contributed by atoms with Crippen molar-refractivity contribution in [3.05, 3.63) is 29.3 Å². The molecular weight excluding hydrogens is 278 g/mol. The highest BCUT2D eigenvalue weighted by molar-refractivity contribution is 5.98. The summed E-state index contributed by atoms with van der Waals surface area (Å²) in [6.07, 6.45) is 4.37. The molecule has 2 amide bonds. The molecule has 1 unspecified atom stereocenters. The molecular formula is C17H23N3O2. The van der Waals surface area contributed by atoms with Gasteiger partial charge in [-0.05, 0) is 62.5 Å². The van der Waals surface area contributed by atoms with Gasteiger partial charge in [-0.2, -0.15) is 0 Å². The average molecular weight is 301 g/mol. The van der Waals surface area contributed by atoms with Gasteiger partial charge in [-0.3, -0.25) is 9.59 Å². The summed E-state index contributed by atoms with van der Waals surface area (Å²) in [4.78, 5) is 26.0. The Bertz CT molecular complexity index is 577. The van der Waals surface area contributed by atoms with E-state index in [2.05, 4.69) is 10.6 Å². The summed E-state index contributed by atoms with van der Waals surface area (Å²) in [5.74, 6) is 0.126. The fraction of sp³-hybridized carbons (Fsp3) is 0.529. The summed E-state index contributed by atoms with van der Waals surface area (Å²) in [6.45, 7) is 2.01. The van der Waals surface area contributed by atoms with Gasteiger partial charge in [0.05, 0.1) is 0 Å². The van der Waals surface area contributed by atoms with Crippen LogP contribution in [0.2, 0.25) is 0 Å². The van der Waals surface area contributed by atoms with Gasteiger partial charge in [-0.15, -0.1) is 0 Å². The summed E-state index contributed by atoms with van der Waals surface area (Å²) >= 11 is 0. The van der Waals surface area contributed by atoms with Gasteiger partial charge in [-0.25, -0.2) is 0 Å². The molecule has 2 aliphatic rings. The van der Waals surface area contributed by atoms with E-state index in [9.17, 15) is 9.59 Å². The third kappa shape index (κ3) is 3.14. The molecule has 118 valence electrons. The average Bonchev–Trinajstić information content (AvgIpc) is 2.82. The van der Waals surface area contributed by atoms with E-state index >= 15 is 0 Å². The minimum atomic E-state index is 0.0506. The Hall–Kier alpha value is -1.88. The summed E-state index contributed by atoms with van der Waals surface area (Å²) in [5, 5.41) is 6.23. The van der Waals surface area contributed by atoms with E-state index in [1.807, 2.05) is 30.1 Å². The Labute approximate surface area is 131 Å². The molecule has 5 heteroatoms. The largest absolute Gasteiger partial charge is 0.339 e. The second-order valence-corrected chi connectivity index (χ2v) is 6.17. The topological polar surface area (TPSA) is 61.4 Å². The van der Waals surface area contributed by atoms with E-state index in [4.69, 9.17) is 0 Å². The molecule has 3 rings (SSSR count). The quantitative estimate of drug-likeness (QED) is 0.875. The van der Waals surface area contributed by atoms with Gasteiger partial charge in [0.25, 0.3) is 5.91 Å². The molecule has 22 heavy (non-hydrogen) atoms. The third-order valence-corrected chi connectivity index (χ3v) is 4.66. The molecule has 5 nitrogen and oxygen atoms in total. The lowest BCUT2D eigenvalue weighted by atomic mass is 9.99. The summed E-state index contributed by atoms with van der Waals surface area (Å²) in [5.41, 5.74) is 2.62. The first-order valence-electron chi connectivity index (χ1n) is 8.06. The first-order valence-corrected chi connectivity index (χ1v) is 8.06. The number of nitrogens with one attached hydrogen (secondary N) is 2. The minimum Gasteiger partial charge on any atom is -0.339 e. The van der Waals surface area contributed by atoms with E-state index in [1.54, 1.807) is 0 Å². The number of hydrogen-bond donors (Lipinski definition) is 2. The molecule has 2 aliphatic heterocycles. The van der Waals surface area contributed by atoms with Crippen LogP contribution in [0.1, 0.15) is 41.6 Å². The van der Waals surface area contributed by atoms with Crippen LogP contribution < -0.4 is 10.6 Å². The zero-order chi connectivity index (χ0) is 15.5. The molecule has 1 atom stereocenters. The number of hydrogen-bond acceptors (Lipinski definition) is 3. The lowest BCUT2D eigenvalue weighted by Crippen LogP contribution is -2.37. The van der Waals surface area contributed by atoms with E-state index < -0.39 is 0 Å². The molecule has 0 aromatic heterocycles. The number of carbonyl (C=O) groups excluding carboxylic acids is 2. The molecule has 2 heterocycles. The van der Waals surface area contributed by atoms with Crippen LogP contribution in [0.25, 0.3) is 0 Å². The van der Waals surface area contributed by atoms with Crippen LogP contribution in [0.4, 0.5) is 5.69 Å². The Morgan fingerprint density at radius 1 is 1.23 bits per heavy atom. The monoisotopic (exact) mass is 301 g/mol. The Morgan fingerprint density at radius 3 is 2.95 bits per heavy atom. The second kappa shape index (κ2) is 6.48. The molecule has 2 N–H and O–H groups in total. The maximum absolute atomic E-state index is 12.7. The van der Waals surface area contributed by atoms with Crippen LogP contribution in [-0.4, -0.2) is 42.9 Å². The van der Waals surface area contributed by atoms with Gasteiger partial charge in [-0.1, -0.05) is 0 Å². The highest BCUT2D eigenvalue weighted by Gasteiger charge is 2.23. The number of carbonyl (C=O) groups is 2. The number of rotatable bonds is 2. The maximum Gasteiger partial charge on any atom is 0.253 e. The van der Waals surface area contributed by atoms with Crippen molar-refractivity contribution in [1.29, 1.82) is 0 Å². The molecule has 1 fully saturated rings. The lowest BCUT2D eigenvalue weighted by Gasteiger charge is -2.27. The van der Waals surface area contributed by atoms with Crippen LogP contribution in [0.3, 0.4) is 0 Å². The van der Waals surface area contributed by atoms with Crippen molar-refractivity contribution in [3.8, 4) is 0 Å². The zero-order valence-corrected chi connectivity index (χ0v) is 13.0. The van der Waals surface area contributed by atoms with Gasteiger partial charge in [0.2, 0.25) is 5.91 Å². The number of aryl methyl sites for hydroxylation is 1. The van der Waals surface area contributed by atoms with Gasteiger partial charge in [0.1, 0.15) is 0 Å². The molecule has 0 aliphatic carbocycles. The third-order valence-electron chi connectivity index (χ3n) is 4.66. The Morgan fingerprint density at radius 2 is 2.09 bits per heavy atom. The van der Waals surface area contributed by atoms with E-state index in [1.165, 1.54) is 0 Å². The summed E-state index contributed by atoms with van der Waals surface area (Å²) in [6, 6.07) is 5.90. The first-order chi connectivity index (χ1) is 10.6. The molecule has 1 aromatic rings. The normalized spacial score (nSPS) is 21.5. The lowest BCUT2D eigenvalue weighted by molar-refractivity contribution is -0.116. The number of nitrogens with zero attached hydrogens (tertiary/aromatic N) is 1. The van der Waals surface area contributed by atoms with Crippen molar-refractivity contribution < 1.29 is 9.59 Å². The standard InChI is InChI=1S/C17H23N3O2/c1-20(14-3-2-9-18-10-8-14)17(22)13-4-6-15-12(11-13)5-7-16(21)19-15/h4,6,11,14,18H,2-3,5,7-10H2,1H3,(H,19,21). The van der Waals surface area contributed by atoms with Gasteiger partial charge in [0.15, 0.2) is 0 Å². The van der Waals surface area contributed by atoms with Crippen molar-refractivity contribution in [2.75, 3.05) is 25.5 Å². The smallest absolute Gasteiger partial charge is 0.253 e. The SMILES string of the molecule is CN(C(=O)c1ccc2c(c1)CCC(=O)N2)C1CCCNCC1. The van der Waals surface area contributed by atoms with Crippen LogP contribution in [0.15, 0.2) is 18.2 Å². The highest BCUT2D eigenvalue weighted by atomic mass is 16.2. The van der Waals surface area contributed by atoms with Crippen LogP contribution in [-0.2, 0) is 11.2 Å². The fourth-order valence-corrected chi connectivity index (χ4v) is 3.27. The Kier molecular flexibility index (Phi) is 4.43. The van der Waals surface area contributed by atoms with Crippen LogP contribution >= 0.6 is 0 Å². The summed E-state index contributed by atoms with van der Waals surface area (Å²) in [7, 11) is 1.90. The van der Waals surface area contributed by atoms with Crippen molar-refractivity contribution in [1.82, 2.24) is 10.2 Å². The van der Waals surface area contributed by atoms with Crippen LogP contribution in [0.5, 0.6) is 0 Å². The maximum atomic E-state index is 12.7. The number of amides is 2. The van der Waals surface area contributed by atoms with Crippen molar-refractivity contribution in [2.24, 2.45) is 0 Å². The molecule has 0 saturated carbocycles. The van der Waals surface area contributed by atoms with E-state index in [0.717, 1.165) is 49.2 Å². The predicted molar refractivity (Wildman–Crippen MR) is 86.0 cm³/mol. The van der Waals surface area contributed by atoms with E-state index in [0.29, 0.717) is 18.9 Å². The van der Waals surface area contributed by atoms with E-state index in [-0.39, 0.29) is 11.8 Å². The molecule has 0 spiro atoms. The van der Waals surface area contributed by atoms with Crippen LogP contribution in [0, 0.1) is 0 Å². The van der Waals surface area contributed by atoms with Crippen molar-refractivity contribution in [3.63, 3.8) is 0 Å². The molecule has 1 aromatic carbocycles. The molecule has 1 saturated heterocycles. The number of benzene rings is 1. The van der Waals surface area contributed by atoms with Gasteiger partial charge < -0.3 is 15.5 Å². The Balaban J connectivity index is 1.75. The zero-order valence-electron chi connectivity index (χ0n) is 13.0. The fourth-order valence-electron chi connectivity index (χ4n) is 3.27. The number of fused-ring (bicyclic) bond motifs is 1. The van der Waals surface area contributed by atoms with Gasteiger partial charge >= 0.3 is 0 Å². The minimum absolute atomic E-state index is 0.0506. The van der Waals surface area contributed by atoms with Crippen molar-refractivity contribution >= 4 is 17.5 Å². The second-order valence-electron chi connectivity index (χ2n) is 6.17. The number of anilines is 1.